The number of benzene rings is 3. The quantitative estimate of drug-likeness (QED) is 0.426. The van der Waals surface area contributed by atoms with Crippen molar-refractivity contribution < 1.29 is 5.11 Å². The minimum atomic E-state index is -1.85. The Balaban J connectivity index is 1.92. The van der Waals surface area contributed by atoms with Crippen molar-refractivity contribution in [1.82, 2.24) is 0 Å². The van der Waals surface area contributed by atoms with Crippen LogP contribution in [0.2, 0.25) is 0 Å². The molecule has 154 valence electrons. The molecule has 0 aromatic heterocycles. The minimum absolute atomic E-state index is 0.0819. The fourth-order valence-electron chi connectivity index (χ4n) is 5.12. The molecule has 0 bridgehead atoms. The molecule has 0 radical (unpaired) electrons. The van der Waals surface area contributed by atoms with Gasteiger partial charge >= 0.3 is 0 Å². The van der Waals surface area contributed by atoms with Gasteiger partial charge in [0.2, 0.25) is 0 Å². The summed E-state index contributed by atoms with van der Waals surface area (Å²) in [7, 11) is -1.85. The molecule has 0 spiro atoms. The highest BCUT2D eigenvalue weighted by Crippen LogP contribution is 2.59. The molecule has 1 N–H and O–H groups in total. The Labute approximate surface area is 181 Å². The molecule has 0 heterocycles. The molecule has 1 nitrogen and oxygen atoms in total. The second kappa shape index (κ2) is 8.50. The third kappa shape index (κ3) is 3.55. The van der Waals surface area contributed by atoms with Gasteiger partial charge in [0.1, 0.15) is 23.2 Å². The van der Waals surface area contributed by atoms with Gasteiger partial charge in [-0.25, -0.2) is 0 Å². The summed E-state index contributed by atoms with van der Waals surface area (Å²) < 4.78 is 0. The molecule has 3 aromatic carbocycles. The second-order valence-corrected chi connectivity index (χ2v) is 12.5. The van der Waals surface area contributed by atoms with Gasteiger partial charge in [0.05, 0.1) is 6.16 Å². The van der Waals surface area contributed by atoms with Gasteiger partial charge in [-0.1, -0.05) is 74.0 Å². The monoisotopic (exact) mass is 415 g/mol. The molecule has 1 fully saturated rings. The van der Waals surface area contributed by atoms with Gasteiger partial charge in [-0.3, -0.25) is 0 Å². The summed E-state index contributed by atoms with van der Waals surface area (Å²) in [6, 6.07) is 33.3. The molecule has 3 aromatic rings. The molecule has 1 unspecified atom stereocenters. The first-order chi connectivity index (χ1) is 14.5. The first-order valence-corrected chi connectivity index (χ1v) is 12.8. The predicted molar refractivity (Wildman–Crippen MR) is 132 cm³/mol. The van der Waals surface area contributed by atoms with E-state index in [2.05, 4.69) is 112 Å². The first kappa shape index (κ1) is 21.0. The summed E-state index contributed by atoms with van der Waals surface area (Å²) in [4.78, 5) is 0. The maximum atomic E-state index is 9.77. The Hall–Kier alpha value is -2.21. The highest BCUT2D eigenvalue weighted by Gasteiger charge is 2.49. The van der Waals surface area contributed by atoms with Crippen LogP contribution in [0, 0.1) is 11.3 Å². The highest BCUT2D eigenvalue weighted by atomic mass is 31.2. The third-order valence-corrected chi connectivity index (χ3v) is 11.5. The number of hydrogen-bond donors (Lipinski definition) is 1. The Morgan fingerprint density at radius 2 is 1.20 bits per heavy atom. The number of aliphatic hydroxyl groups is 1. The van der Waals surface area contributed by atoms with E-state index in [0.29, 0.717) is 5.92 Å². The van der Waals surface area contributed by atoms with Crippen LogP contribution in [0.15, 0.2) is 102 Å². The molecule has 1 saturated carbocycles. The van der Waals surface area contributed by atoms with E-state index in [4.69, 9.17) is 0 Å². The molecule has 30 heavy (non-hydrogen) atoms. The molecular formula is C28H32OP+. The van der Waals surface area contributed by atoms with E-state index >= 15 is 0 Å². The third-order valence-electron chi connectivity index (χ3n) is 7.05. The van der Waals surface area contributed by atoms with Crippen LogP contribution in [0.5, 0.6) is 0 Å². The lowest BCUT2D eigenvalue weighted by Crippen LogP contribution is -2.42. The Kier molecular flexibility index (Phi) is 5.96. The summed E-state index contributed by atoms with van der Waals surface area (Å²) in [5.74, 6) is 0.375. The maximum absolute atomic E-state index is 9.77. The lowest BCUT2D eigenvalue weighted by molar-refractivity contribution is 0.0833. The van der Waals surface area contributed by atoms with E-state index in [-0.39, 0.29) is 12.0 Å². The van der Waals surface area contributed by atoms with Crippen LogP contribution in [0.3, 0.4) is 0 Å². The molecule has 0 saturated heterocycles. The first-order valence-electron chi connectivity index (χ1n) is 10.8. The standard InChI is InChI=1S/C28H32OP/c1-22(27-19-23(20-29)28(27,2)3)21-30(24-13-7-4-8-14-24,25-15-9-5-10-16-25)26-17-11-6-12-18-26/h4-18,23,29H,19-21H2,1-3H3/q+1. The lowest BCUT2D eigenvalue weighted by atomic mass is 9.58. The molecule has 1 atom stereocenters. The van der Waals surface area contributed by atoms with E-state index in [0.717, 1.165) is 12.6 Å². The van der Waals surface area contributed by atoms with E-state index < -0.39 is 7.26 Å². The highest BCUT2D eigenvalue weighted by molar-refractivity contribution is 7.95. The summed E-state index contributed by atoms with van der Waals surface area (Å²) in [6.45, 7) is 7.20. The lowest BCUT2D eigenvalue weighted by Gasteiger charge is -2.48. The van der Waals surface area contributed by atoms with Crippen LogP contribution in [0.25, 0.3) is 0 Å². The molecule has 4 rings (SSSR count). The van der Waals surface area contributed by atoms with Crippen molar-refractivity contribution >= 4 is 23.2 Å². The van der Waals surface area contributed by atoms with Gasteiger partial charge in [0.15, 0.2) is 0 Å². The van der Waals surface area contributed by atoms with E-state index in [1.54, 1.807) is 0 Å². The summed E-state index contributed by atoms with van der Waals surface area (Å²) >= 11 is 0. The molecule has 1 aliphatic carbocycles. The number of hydrogen-bond acceptors (Lipinski definition) is 1. The zero-order valence-corrected chi connectivity index (χ0v) is 19.1. The number of allylic oxidation sites excluding steroid dienone is 2. The zero-order chi connectivity index (χ0) is 21.2. The van der Waals surface area contributed by atoms with Crippen molar-refractivity contribution in [2.75, 3.05) is 12.8 Å². The van der Waals surface area contributed by atoms with Gasteiger partial charge < -0.3 is 5.11 Å². The van der Waals surface area contributed by atoms with Gasteiger partial charge in [0, 0.05) is 6.61 Å². The van der Waals surface area contributed by atoms with E-state index in [1.165, 1.54) is 27.1 Å². The minimum Gasteiger partial charge on any atom is -0.396 e. The molecule has 0 aliphatic heterocycles. The summed E-state index contributed by atoms with van der Waals surface area (Å²) in [5, 5.41) is 14.1. The molecular weight excluding hydrogens is 383 g/mol. The van der Waals surface area contributed by atoms with Crippen molar-refractivity contribution in [2.45, 2.75) is 27.2 Å². The van der Waals surface area contributed by atoms with E-state index in [9.17, 15) is 5.11 Å². The van der Waals surface area contributed by atoms with Crippen molar-refractivity contribution in [3.63, 3.8) is 0 Å². The largest absolute Gasteiger partial charge is 0.396 e. The summed E-state index contributed by atoms with van der Waals surface area (Å²) in [5.41, 5.74) is 3.11. The van der Waals surface area contributed by atoms with Crippen LogP contribution in [-0.2, 0) is 0 Å². The van der Waals surface area contributed by atoms with Crippen molar-refractivity contribution in [1.29, 1.82) is 0 Å². The molecule has 1 aliphatic rings. The fraction of sp³-hybridized carbons (Fsp3) is 0.286. The summed E-state index contributed by atoms with van der Waals surface area (Å²) in [6.07, 6.45) is 2.07. The van der Waals surface area contributed by atoms with Crippen LogP contribution < -0.4 is 15.9 Å². The van der Waals surface area contributed by atoms with Gasteiger partial charge in [-0.05, 0) is 66.6 Å². The van der Waals surface area contributed by atoms with Gasteiger partial charge in [-0.15, -0.1) is 0 Å². The van der Waals surface area contributed by atoms with Gasteiger partial charge in [0.25, 0.3) is 0 Å². The number of rotatable bonds is 6. The van der Waals surface area contributed by atoms with Crippen molar-refractivity contribution in [2.24, 2.45) is 11.3 Å². The Bertz CT molecular complexity index is 910. The average molecular weight is 416 g/mol. The van der Waals surface area contributed by atoms with E-state index in [1.807, 2.05) is 0 Å². The van der Waals surface area contributed by atoms with Gasteiger partial charge in [-0.2, -0.15) is 0 Å². The van der Waals surface area contributed by atoms with Crippen LogP contribution in [0.4, 0.5) is 0 Å². The second-order valence-electron chi connectivity index (χ2n) is 9.04. The Morgan fingerprint density at radius 1 is 0.800 bits per heavy atom. The Morgan fingerprint density at radius 3 is 1.53 bits per heavy atom. The SMILES string of the molecule is CC(C[P+](c1ccccc1)(c1ccccc1)c1ccccc1)=C1CC(CO)C1(C)C. The topological polar surface area (TPSA) is 20.2 Å². The molecule has 0 amide bonds. The van der Waals surface area contributed by atoms with Crippen molar-refractivity contribution in [3.8, 4) is 0 Å². The number of aliphatic hydroxyl groups excluding tert-OH is 1. The fourth-order valence-corrected chi connectivity index (χ4v) is 9.50. The molecule has 2 heteroatoms. The zero-order valence-electron chi connectivity index (χ0n) is 18.3. The van der Waals surface area contributed by atoms with Crippen LogP contribution >= 0.6 is 7.26 Å². The maximum Gasteiger partial charge on any atom is 0.116 e. The van der Waals surface area contributed by atoms with Crippen LogP contribution in [0.1, 0.15) is 27.2 Å². The normalized spacial score (nSPS) is 19.8. The van der Waals surface area contributed by atoms with Crippen LogP contribution in [-0.4, -0.2) is 17.9 Å². The van der Waals surface area contributed by atoms with Crippen molar-refractivity contribution in [3.05, 3.63) is 102 Å². The average Bonchev–Trinajstić information content (AvgIpc) is 2.79. The smallest absolute Gasteiger partial charge is 0.116 e. The predicted octanol–water partition coefficient (Wildman–Crippen LogP) is 5.34.